The molecular formula is C23H29NO4. The van der Waals surface area contributed by atoms with Gasteiger partial charge in [0.1, 0.15) is 5.75 Å². The van der Waals surface area contributed by atoms with Gasteiger partial charge in [0.05, 0.1) is 25.2 Å². The van der Waals surface area contributed by atoms with Crippen molar-refractivity contribution in [2.24, 2.45) is 5.41 Å². The van der Waals surface area contributed by atoms with E-state index in [0.717, 1.165) is 29.8 Å². The van der Waals surface area contributed by atoms with Gasteiger partial charge in [-0.2, -0.15) is 0 Å². The van der Waals surface area contributed by atoms with Crippen LogP contribution in [0, 0.1) is 5.41 Å². The summed E-state index contributed by atoms with van der Waals surface area (Å²) in [6.07, 6.45) is 2.09. The summed E-state index contributed by atoms with van der Waals surface area (Å²) in [5.74, 6) is -0.136. The van der Waals surface area contributed by atoms with E-state index in [1.807, 2.05) is 38.1 Å². The molecule has 1 atom stereocenters. The van der Waals surface area contributed by atoms with Gasteiger partial charge in [-0.3, -0.25) is 4.79 Å². The summed E-state index contributed by atoms with van der Waals surface area (Å²) in [5, 5.41) is 3.33. The van der Waals surface area contributed by atoms with E-state index in [1.54, 1.807) is 0 Å². The van der Waals surface area contributed by atoms with Gasteiger partial charge in [-0.25, -0.2) is 4.79 Å². The number of nitrogens with one attached hydrogen (secondary N) is 1. The Hall–Kier alpha value is -2.56. The summed E-state index contributed by atoms with van der Waals surface area (Å²) in [6, 6.07) is 7.66. The number of hydrogen-bond donors (Lipinski definition) is 1. The number of ketones is 1. The van der Waals surface area contributed by atoms with Crippen LogP contribution in [0.5, 0.6) is 5.75 Å². The number of para-hydroxylation sites is 1. The third kappa shape index (κ3) is 3.71. The van der Waals surface area contributed by atoms with Crippen molar-refractivity contribution in [3.63, 3.8) is 0 Å². The Labute approximate surface area is 166 Å². The van der Waals surface area contributed by atoms with Crippen molar-refractivity contribution in [3.8, 4) is 5.75 Å². The molecule has 1 N–H and O–H groups in total. The third-order valence-electron chi connectivity index (χ3n) is 5.34. The molecule has 28 heavy (non-hydrogen) atoms. The molecule has 0 saturated heterocycles. The summed E-state index contributed by atoms with van der Waals surface area (Å²) < 4.78 is 11.0. The predicted molar refractivity (Wildman–Crippen MR) is 108 cm³/mol. The van der Waals surface area contributed by atoms with E-state index in [9.17, 15) is 9.59 Å². The predicted octanol–water partition coefficient (Wildman–Crippen LogP) is 4.25. The van der Waals surface area contributed by atoms with Gasteiger partial charge in [0.15, 0.2) is 5.78 Å². The van der Waals surface area contributed by atoms with E-state index in [0.29, 0.717) is 29.9 Å². The lowest BCUT2D eigenvalue weighted by molar-refractivity contribution is -0.136. The first kappa shape index (κ1) is 20.2. The molecule has 0 bridgehead atoms. The number of carbonyl (C=O) groups excluding carboxylic acids is 2. The van der Waals surface area contributed by atoms with Crippen LogP contribution in [-0.4, -0.2) is 25.5 Å². The minimum Gasteiger partial charge on any atom is -0.493 e. The summed E-state index contributed by atoms with van der Waals surface area (Å²) >= 11 is 0. The highest BCUT2D eigenvalue weighted by molar-refractivity contribution is 6.04. The van der Waals surface area contributed by atoms with Gasteiger partial charge in [0.25, 0.3) is 0 Å². The molecule has 0 aromatic heterocycles. The van der Waals surface area contributed by atoms with Crippen LogP contribution < -0.4 is 10.1 Å². The van der Waals surface area contributed by atoms with E-state index in [-0.39, 0.29) is 11.2 Å². The molecule has 3 rings (SSSR count). The Morgan fingerprint density at radius 3 is 2.64 bits per heavy atom. The number of allylic oxidation sites excluding steroid dienone is 3. The number of dihydropyridines is 1. The van der Waals surface area contributed by atoms with E-state index in [1.165, 1.54) is 7.11 Å². The molecule has 2 aliphatic rings. The van der Waals surface area contributed by atoms with Crippen LogP contribution in [0.2, 0.25) is 0 Å². The second kappa shape index (κ2) is 7.82. The van der Waals surface area contributed by atoms with E-state index in [2.05, 4.69) is 19.2 Å². The fraction of sp³-hybridized carbons (Fsp3) is 0.478. The Bertz CT molecular complexity index is 863. The van der Waals surface area contributed by atoms with Crippen LogP contribution in [0.3, 0.4) is 0 Å². The van der Waals surface area contributed by atoms with E-state index in [4.69, 9.17) is 9.47 Å². The monoisotopic (exact) mass is 383 g/mol. The molecule has 5 nitrogen and oxygen atoms in total. The Balaban J connectivity index is 2.20. The topological polar surface area (TPSA) is 64.6 Å². The minimum absolute atomic E-state index is 0.0722. The first-order valence-electron chi connectivity index (χ1n) is 9.83. The molecule has 0 fully saturated rings. The van der Waals surface area contributed by atoms with Gasteiger partial charge in [-0.15, -0.1) is 0 Å². The minimum atomic E-state index is -0.486. The largest absolute Gasteiger partial charge is 0.493 e. The average molecular weight is 383 g/mol. The van der Waals surface area contributed by atoms with Gasteiger partial charge >= 0.3 is 5.97 Å². The summed E-state index contributed by atoms with van der Waals surface area (Å²) in [6.45, 7) is 8.68. The zero-order chi connectivity index (χ0) is 20.5. The molecule has 0 amide bonds. The molecule has 150 valence electrons. The maximum Gasteiger partial charge on any atom is 0.336 e. The number of hydrogen-bond acceptors (Lipinski definition) is 5. The van der Waals surface area contributed by atoms with Crippen LogP contribution in [0.4, 0.5) is 0 Å². The maximum absolute atomic E-state index is 13.2. The van der Waals surface area contributed by atoms with Gasteiger partial charge in [-0.1, -0.05) is 39.0 Å². The lowest BCUT2D eigenvalue weighted by Crippen LogP contribution is -2.38. The number of Topliss-reactive ketones (excluding diaryl/α,β-unsaturated/α-hetero) is 1. The molecule has 0 unspecified atom stereocenters. The first-order chi connectivity index (χ1) is 13.3. The maximum atomic E-state index is 13.2. The van der Waals surface area contributed by atoms with Crippen LogP contribution in [0.25, 0.3) is 0 Å². The third-order valence-corrected chi connectivity index (χ3v) is 5.34. The highest BCUT2D eigenvalue weighted by atomic mass is 16.5. The van der Waals surface area contributed by atoms with Crippen LogP contribution in [0.1, 0.15) is 58.4 Å². The lowest BCUT2D eigenvalue weighted by atomic mass is 9.68. The molecule has 1 aliphatic heterocycles. The van der Waals surface area contributed by atoms with E-state index >= 15 is 0 Å². The van der Waals surface area contributed by atoms with Gasteiger partial charge in [0.2, 0.25) is 0 Å². The molecule has 1 heterocycles. The van der Waals surface area contributed by atoms with E-state index < -0.39 is 11.9 Å². The standard InChI is InChI=1S/C23H29NO4/c1-6-11-28-18-10-8-7-9-15(18)20-19(22(26)27-5)14(2)24-16-12-23(3,4)13-17(25)21(16)20/h7-10,20,24H,6,11-13H2,1-5H3/t20-/m1/s1. The second-order valence-electron chi connectivity index (χ2n) is 8.31. The van der Waals surface area contributed by atoms with Crippen LogP contribution >= 0.6 is 0 Å². The SMILES string of the molecule is CCCOc1ccccc1[C@@H]1C(C(=O)OC)=C(C)NC2=C1C(=O)CC(C)(C)C2. The fourth-order valence-electron chi connectivity index (χ4n) is 4.19. The summed E-state index contributed by atoms with van der Waals surface area (Å²) in [4.78, 5) is 25.9. The molecule has 1 aromatic rings. The smallest absolute Gasteiger partial charge is 0.336 e. The van der Waals surface area contributed by atoms with Crippen molar-refractivity contribution in [1.82, 2.24) is 5.32 Å². The van der Waals surface area contributed by atoms with Gasteiger partial charge in [0, 0.05) is 29.0 Å². The number of benzene rings is 1. The molecule has 5 heteroatoms. The highest BCUT2D eigenvalue weighted by Gasteiger charge is 2.43. The number of carbonyl (C=O) groups is 2. The zero-order valence-electron chi connectivity index (χ0n) is 17.3. The van der Waals surface area contributed by atoms with Crippen LogP contribution in [0.15, 0.2) is 46.8 Å². The lowest BCUT2D eigenvalue weighted by Gasteiger charge is -2.39. The Kier molecular flexibility index (Phi) is 5.64. The zero-order valence-corrected chi connectivity index (χ0v) is 17.3. The molecule has 1 aromatic carbocycles. The number of ether oxygens (including phenoxy) is 2. The van der Waals surface area contributed by atoms with Crippen molar-refractivity contribution in [2.75, 3.05) is 13.7 Å². The second-order valence-corrected chi connectivity index (χ2v) is 8.31. The fourth-order valence-corrected chi connectivity index (χ4v) is 4.19. The molecule has 0 saturated carbocycles. The molecule has 0 spiro atoms. The van der Waals surface area contributed by atoms with Gasteiger partial charge < -0.3 is 14.8 Å². The highest BCUT2D eigenvalue weighted by Crippen LogP contribution is 2.48. The number of methoxy groups -OCH3 is 1. The molecule has 1 aliphatic carbocycles. The normalized spacial score (nSPS) is 21.2. The van der Waals surface area contributed by atoms with Crippen molar-refractivity contribution < 1.29 is 19.1 Å². The van der Waals surface area contributed by atoms with Crippen molar-refractivity contribution in [2.45, 2.75) is 52.9 Å². The van der Waals surface area contributed by atoms with Gasteiger partial charge in [-0.05, 0) is 31.2 Å². The van der Waals surface area contributed by atoms with Crippen LogP contribution in [-0.2, 0) is 14.3 Å². The molecular weight excluding hydrogens is 354 g/mol. The molecule has 0 radical (unpaired) electrons. The Morgan fingerprint density at radius 2 is 1.96 bits per heavy atom. The number of rotatable bonds is 5. The van der Waals surface area contributed by atoms with Crippen molar-refractivity contribution in [3.05, 3.63) is 52.4 Å². The number of esters is 1. The summed E-state index contributed by atoms with van der Waals surface area (Å²) in [7, 11) is 1.37. The van der Waals surface area contributed by atoms with Crippen molar-refractivity contribution in [1.29, 1.82) is 0 Å². The Morgan fingerprint density at radius 1 is 1.25 bits per heavy atom. The first-order valence-corrected chi connectivity index (χ1v) is 9.83. The van der Waals surface area contributed by atoms with Crippen molar-refractivity contribution >= 4 is 11.8 Å². The quantitative estimate of drug-likeness (QED) is 0.770. The summed E-state index contributed by atoms with van der Waals surface area (Å²) in [5.41, 5.74) is 3.49. The average Bonchev–Trinajstić information content (AvgIpc) is 2.64.